The van der Waals surface area contributed by atoms with Crippen molar-refractivity contribution >= 4 is 97.1 Å². The van der Waals surface area contributed by atoms with Crippen LogP contribution in [0.4, 0.5) is 0 Å². The molecule has 0 unspecified atom stereocenters. The Bertz CT molecular complexity index is 4410. The van der Waals surface area contributed by atoms with Crippen LogP contribution in [0.3, 0.4) is 0 Å². The minimum Gasteiger partial charge on any atom is -0.456 e. The molecule has 10 aromatic carbocycles. The van der Waals surface area contributed by atoms with Crippen molar-refractivity contribution in [2.24, 2.45) is 0 Å². The lowest BCUT2D eigenvalue weighted by Gasteiger charge is -2.21. The molecule has 4 aromatic heterocycles. The average molecular weight is 873 g/mol. The molecule has 67 heavy (non-hydrogen) atoms. The van der Waals surface area contributed by atoms with Gasteiger partial charge in [-0.25, -0.2) is 0 Å². The number of hydrogen-bond acceptors (Lipinski definition) is 2. The van der Waals surface area contributed by atoms with Crippen LogP contribution < -0.4 is 0 Å². The number of nitrogens with zero attached hydrogens (tertiary/aromatic N) is 2. The third-order valence-corrected chi connectivity index (χ3v) is 16.0. The average Bonchev–Trinajstić information content (AvgIpc) is 4.16. The molecule has 0 amide bonds. The summed E-state index contributed by atoms with van der Waals surface area (Å²) in [6.45, 7) is 4.73. The zero-order valence-corrected chi connectivity index (χ0v) is 37.7. The van der Waals surface area contributed by atoms with Gasteiger partial charge in [0.15, 0.2) is 0 Å². The summed E-state index contributed by atoms with van der Waals surface area (Å²) in [7, 11) is 0. The van der Waals surface area contributed by atoms with E-state index in [-0.39, 0.29) is 5.41 Å². The molecule has 0 N–H and O–H groups in total. The second kappa shape index (κ2) is 13.4. The van der Waals surface area contributed by atoms with Crippen molar-refractivity contribution in [3.63, 3.8) is 0 Å². The van der Waals surface area contributed by atoms with Crippen molar-refractivity contribution in [2.45, 2.75) is 19.3 Å². The predicted molar refractivity (Wildman–Crippen MR) is 284 cm³/mol. The summed E-state index contributed by atoms with van der Waals surface area (Å²) in [4.78, 5) is 0. The zero-order chi connectivity index (χ0) is 44.1. The summed E-state index contributed by atoms with van der Waals surface area (Å²) < 4.78 is 14.2. The van der Waals surface area contributed by atoms with Crippen LogP contribution in [0.5, 0.6) is 0 Å². The van der Waals surface area contributed by atoms with E-state index in [2.05, 4.69) is 229 Å². The van der Waals surface area contributed by atoms with Gasteiger partial charge < -0.3 is 13.6 Å². The lowest BCUT2D eigenvalue weighted by Crippen LogP contribution is -2.14. The van der Waals surface area contributed by atoms with Gasteiger partial charge in [0, 0.05) is 69.3 Å². The van der Waals surface area contributed by atoms with Gasteiger partial charge in [-0.05, 0) is 136 Å². The second-order valence-electron chi connectivity index (χ2n) is 18.8. The van der Waals surface area contributed by atoms with Gasteiger partial charge in [-0.2, -0.15) is 0 Å². The first-order valence-corrected chi connectivity index (χ1v) is 24.0. The maximum absolute atomic E-state index is 6.67. The number of para-hydroxylation sites is 2. The van der Waals surface area contributed by atoms with Crippen molar-refractivity contribution in [1.82, 2.24) is 9.13 Å². The number of thiophene rings is 1. The summed E-state index contributed by atoms with van der Waals surface area (Å²) in [5.41, 5.74) is 18.9. The van der Waals surface area contributed by atoms with Crippen molar-refractivity contribution in [3.05, 3.63) is 217 Å². The first kappa shape index (κ1) is 37.1. The van der Waals surface area contributed by atoms with Gasteiger partial charge in [0.25, 0.3) is 0 Å². The zero-order valence-electron chi connectivity index (χ0n) is 36.8. The van der Waals surface area contributed by atoms with Crippen molar-refractivity contribution < 1.29 is 4.42 Å². The Kier molecular flexibility index (Phi) is 7.44. The molecule has 0 radical (unpaired) electrons. The minimum absolute atomic E-state index is 0.0983. The van der Waals surface area contributed by atoms with Crippen LogP contribution in [0.25, 0.3) is 130 Å². The van der Waals surface area contributed by atoms with E-state index in [1.54, 1.807) is 0 Å². The van der Waals surface area contributed by atoms with E-state index in [9.17, 15) is 0 Å². The van der Waals surface area contributed by atoms with Gasteiger partial charge in [-0.1, -0.05) is 129 Å². The summed E-state index contributed by atoms with van der Waals surface area (Å²) >= 11 is 1.88. The van der Waals surface area contributed by atoms with Crippen molar-refractivity contribution in [3.8, 4) is 44.8 Å². The van der Waals surface area contributed by atoms with Crippen LogP contribution in [0.2, 0.25) is 0 Å². The molecule has 4 heterocycles. The number of hydrogen-bond donors (Lipinski definition) is 0. The molecule has 1 aliphatic rings. The van der Waals surface area contributed by atoms with Gasteiger partial charge in [0.2, 0.25) is 0 Å². The molecule has 0 bridgehead atoms. The summed E-state index contributed by atoms with van der Waals surface area (Å²) in [6, 6.07) is 76.3. The Morgan fingerprint density at radius 2 is 1.00 bits per heavy atom. The highest BCUT2D eigenvalue weighted by Crippen LogP contribution is 2.52. The molecule has 1 aliphatic carbocycles. The SMILES string of the molecule is CC1(C)c2ccccc2-c2cc3c4cc(-c5cccc6oc7ccc(-c8ccc9c%10cc%11sc%12ccccc%12c%11cc%10n(-c%10ccccc%10)c9c8)cc7c56)ccc4n(-c4ccccc4)c3cc21. The Labute approximate surface area is 390 Å². The molecule has 314 valence electrons. The van der Waals surface area contributed by atoms with Gasteiger partial charge in [-0.15, -0.1) is 11.3 Å². The molecule has 14 aromatic rings. The van der Waals surface area contributed by atoms with Gasteiger partial charge in [0.05, 0.1) is 22.1 Å². The summed E-state index contributed by atoms with van der Waals surface area (Å²) in [6.07, 6.45) is 0. The van der Waals surface area contributed by atoms with Crippen LogP contribution in [0.15, 0.2) is 211 Å². The molecule has 0 fully saturated rings. The van der Waals surface area contributed by atoms with Crippen molar-refractivity contribution in [2.75, 3.05) is 0 Å². The molecule has 0 saturated heterocycles. The van der Waals surface area contributed by atoms with Crippen LogP contribution in [-0.4, -0.2) is 9.13 Å². The highest BCUT2D eigenvalue weighted by Gasteiger charge is 2.36. The number of benzene rings is 10. The largest absolute Gasteiger partial charge is 0.456 e. The fourth-order valence-corrected chi connectivity index (χ4v) is 12.9. The van der Waals surface area contributed by atoms with Crippen molar-refractivity contribution in [1.29, 1.82) is 0 Å². The maximum atomic E-state index is 6.67. The standard InChI is InChI=1S/C63H40N2OS/c1-63(2)52-21-11-9-18-43(52)46-33-48-47-31-39(25-28-54(47)64(57(48)36-53(46)63)40-14-5-3-6-15-40)42-20-13-22-59-62(42)51-30-37(26-29-58(51)66-59)38-24-27-44-49-35-61-50(45-19-10-12-23-60(45)67-61)34-56(49)65(55(44)32-38)41-16-7-4-8-17-41/h3-36H,1-2H3. The second-order valence-corrected chi connectivity index (χ2v) is 19.9. The molecular weight excluding hydrogens is 833 g/mol. The van der Waals surface area contributed by atoms with E-state index in [1.807, 2.05) is 11.3 Å². The third kappa shape index (κ3) is 5.16. The van der Waals surface area contributed by atoms with E-state index in [4.69, 9.17) is 4.42 Å². The number of aromatic nitrogens is 2. The fraction of sp³-hybridized carbons (Fsp3) is 0.0476. The molecule has 4 heteroatoms. The van der Waals surface area contributed by atoms with E-state index in [1.165, 1.54) is 97.2 Å². The van der Waals surface area contributed by atoms with Gasteiger partial charge in [-0.3, -0.25) is 0 Å². The highest BCUT2D eigenvalue weighted by atomic mass is 32.1. The lowest BCUT2D eigenvalue weighted by atomic mass is 9.82. The van der Waals surface area contributed by atoms with E-state index in [0.717, 1.165) is 44.4 Å². The predicted octanol–water partition coefficient (Wildman–Crippen LogP) is 17.8. The fourth-order valence-electron chi connectivity index (χ4n) is 11.8. The van der Waals surface area contributed by atoms with E-state index < -0.39 is 0 Å². The quantitative estimate of drug-likeness (QED) is 0.173. The number of furan rings is 1. The molecule has 0 spiro atoms. The Balaban J connectivity index is 0.922. The monoisotopic (exact) mass is 872 g/mol. The van der Waals surface area contributed by atoms with Crippen LogP contribution >= 0.6 is 11.3 Å². The normalized spacial score (nSPS) is 13.3. The molecule has 0 atom stereocenters. The first-order valence-electron chi connectivity index (χ1n) is 23.2. The molecule has 15 rings (SSSR count). The smallest absolute Gasteiger partial charge is 0.136 e. The Morgan fingerprint density at radius 3 is 1.85 bits per heavy atom. The maximum Gasteiger partial charge on any atom is 0.136 e. The Morgan fingerprint density at radius 1 is 0.358 bits per heavy atom. The van der Waals surface area contributed by atoms with Gasteiger partial charge >= 0.3 is 0 Å². The topological polar surface area (TPSA) is 23.0 Å². The van der Waals surface area contributed by atoms with Crippen LogP contribution in [-0.2, 0) is 5.41 Å². The highest BCUT2D eigenvalue weighted by molar-refractivity contribution is 7.25. The molecular formula is C63H40N2OS. The number of rotatable bonds is 4. The lowest BCUT2D eigenvalue weighted by molar-refractivity contribution is 0.661. The third-order valence-electron chi connectivity index (χ3n) is 14.9. The summed E-state index contributed by atoms with van der Waals surface area (Å²) in [5, 5.41) is 9.88. The van der Waals surface area contributed by atoms with Crippen LogP contribution in [0, 0.1) is 0 Å². The van der Waals surface area contributed by atoms with Crippen LogP contribution in [0.1, 0.15) is 25.0 Å². The van der Waals surface area contributed by atoms with E-state index in [0.29, 0.717) is 0 Å². The molecule has 0 aliphatic heterocycles. The van der Waals surface area contributed by atoms with E-state index >= 15 is 0 Å². The number of fused-ring (bicyclic) bond motifs is 15. The molecule has 3 nitrogen and oxygen atoms in total. The summed E-state index contributed by atoms with van der Waals surface area (Å²) in [5.74, 6) is 0. The first-order chi connectivity index (χ1) is 33.0. The molecule has 0 saturated carbocycles. The minimum atomic E-state index is -0.0983. The Hall–Kier alpha value is -8.18. The van der Waals surface area contributed by atoms with Gasteiger partial charge in [0.1, 0.15) is 11.2 Å².